The Kier molecular flexibility index (Phi) is 1.32. The monoisotopic (exact) mass is 167 g/mol. The van der Waals surface area contributed by atoms with E-state index in [4.69, 9.17) is 17.0 Å². The lowest BCUT2D eigenvalue weighted by Crippen LogP contribution is -2.11. The minimum Gasteiger partial charge on any atom is -0.364 e. The first kappa shape index (κ1) is 6.61. The van der Waals surface area contributed by atoms with E-state index < -0.39 is 0 Å². The van der Waals surface area contributed by atoms with Crippen LogP contribution in [0, 0.1) is 5.41 Å². The van der Waals surface area contributed by atoms with Gasteiger partial charge in [0.05, 0.1) is 0 Å². The van der Waals surface area contributed by atoms with Crippen molar-refractivity contribution >= 4 is 22.6 Å². The zero-order chi connectivity index (χ0) is 7.84. The molecule has 0 fully saturated rings. The van der Waals surface area contributed by atoms with Crippen LogP contribution in [0.2, 0.25) is 0 Å². The Labute approximate surface area is 68.6 Å². The first-order chi connectivity index (χ1) is 5.27. The Bertz CT molecular complexity index is 337. The van der Waals surface area contributed by atoms with Crippen molar-refractivity contribution in [3.05, 3.63) is 23.5 Å². The topological polar surface area (TPSA) is 52.0 Å². The van der Waals surface area contributed by atoms with Crippen molar-refractivity contribution in [2.75, 3.05) is 0 Å². The molecule has 56 valence electrons. The van der Waals surface area contributed by atoms with E-state index in [1.807, 2.05) is 6.07 Å². The Balaban J connectivity index is 2.58. The van der Waals surface area contributed by atoms with Gasteiger partial charge in [0.1, 0.15) is 11.0 Å². The van der Waals surface area contributed by atoms with Gasteiger partial charge in [-0.05, 0) is 6.07 Å². The largest absolute Gasteiger partial charge is 0.364 e. The number of hydrogen-bond donors (Lipinski definition) is 2. The average Bonchev–Trinajstić information content (AvgIpc) is 2.34. The van der Waals surface area contributed by atoms with Crippen LogP contribution in [0.3, 0.4) is 0 Å². The predicted octanol–water partition coefficient (Wildman–Crippen LogP) is 1.53. The Morgan fingerprint density at radius 1 is 1.64 bits per heavy atom. The highest BCUT2D eigenvalue weighted by Gasteiger charge is 2.15. The number of nitrogens with one attached hydrogen (secondary N) is 2. The van der Waals surface area contributed by atoms with Crippen molar-refractivity contribution in [3.8, 4) is 0 Å². The smallest absolute Gasteiger partial charge is 0.140 e. The summed E-state index contributed by atoms with van der Waals surface area (Å²) in [6, 6.07) is 1.87. The van der Waals surface area contributed by atoms with Gasteiger partial charge in [0.25, 0.3) is 0 Å². The molecule has 4 heteroatoms. The molecule has 0 spiro atoms. The molecular formula is C7H6ClN3. The number of amidine groups is 1. The third-order valence-corrected chi connectivity index (χ3v) is 1.92. The SMILES string of the molecule is N=C1Cc2[nH]ccc2C(Cl)=N1. The number of hydrogen-bond acceptors (Lipinski definition) is 1. The molecule has 0 radical (unpaired) electrons. The zero-order valence-electron chi connectivity index (χ0n) is 5.69. The second kappa shape index (κ2) is 2.20. The highest BCUT2D eigenvalue weighted by molar-refractivity contribution is 6.70. The summed E-state index contributed by atoms with van der Waals surface area (Å²) in [7, 11) is 0. The van der Waals surface area contributed by atoms with Crippen molar-refractivity contribution in [2.45, 2.75) is 6.42 Å². The van der Waals surface area contributed by atoms with Crippen molar-refractivity contribution in [1.29, 1.82) is 5.41 Å². The molecule has 0 saturated heterocycles. The molecule has 3 nitrogen and oxygen atoms in total. The molecule has 1 aliphatic heterocycles. The van der Waals surface area contributed by atoms with Crippen LogP contribution in [0.1, 0.15) is 11.3 Å². The van der Waals surface area contributed by atoms with Crippen LogP contribution >= 0.6 is 11.6 Å². The van der Waals surface area contributed by atoms with Crippen LogP contribution < -0.4 is 0 Å². The van der Waals surface area contributed by atoms with Gasteiger partial charge in [-0.25, -0.2) is 4.99 Å². The maximum Gasteiger partial charge on any atom is 0.140 e. The van der Waals surface area contributed by atoms with Gasteiger partial charge < -0.3 is 4.98 Å². The molecule has 0 bridgehead atoms. The molecule has 1 aromatic rings. The summed E-state index contributed by atoms with van der Waals surface area (Å²) in [5.41, 5.74) is 1.90. The first-order valence-electron chi connectivity index (χ1n) is 3.25. The highest BCUT2D eigenvalue weighted by atomic mass is 35.5. The van der Waals surface area contributed by atoms with Gasteiger partial charge >= 0.3 is 0 Å². The van der Waals surface area contributed by atoms with E-state index in [1.54, 1.807) is 6.20 Å². The number of nitrogens with zero attached hydrogens (tertiary/aromatic N) is 1. The number of H-pyrrole nitrogens is 1. The minimum atomic E-state index is 0.310. The van der Waals surface area contributed by atoms with Gasteiger partial charge in [-0.15, -0.1) is 0 Å². The standard InChI is InChI=1S/C7H6ClN3/c8-7-4-1-2-10-5(4)3-6(9)11-7/h1-2,9-10H,3H2. The lowest BCUT2D eigenvalue weighted by molar-refractivity contribution is 1.14. The first-order valence-corrected chi connectivity index (χ1v) is 3.63. The Morgan fingerprint density at radius 3 is 3.27 bits per heavy atom. The van der Waals surface area contributed by atoms with E-state index in [0.29, 0.717) is 17.4 Å². The van der Waals surface area contributed by atoms with Crippen LogP contribution in [-0.4, -0.2) is 16.0 Å². The summed E-state index contributed by atoms with van der Waals surface area (Å²) in [6.07, 6.45) is 2.36. The number of fused-ring (bicyclic) bond motifs is 1. The maximum absolute atomic E-state index is 7.30. The Hall–Kier alpha value is -1.09. The molecule has 0 amide bonds. The highest BCUT2D eigenvalue weighted by Crippen LogP contribution is 2.16. The third-order valence-electron chi connectivity index (χ3n) is 1.63. The summed E-state index contributed by atoms with van der Waals surface area (Å²) < 4.78 is 0. The van der Waals surface area contributed by atoms with Crippen LogP contribution in [-0.2, 0) is 6.42 Å². The van der Waals surface area contributed by atoms with Crippen LogP contribution in [0.25, 0.3) is 0 Å². The average molecular weight is 168 g/mol. The fraction of sp³-hybridized carbons (Fsp3) is 0.143. The summed E-state index contributed by atoms with van der Waals surface area (Å²) in [5.74, 6) is 0.310. The molecule has 0 atom stereocenters. The quantitative estimate of drug-likeness (QED) is 0.589. The number of aromatic amines is 1. The van der Waals surface area contributed by atoms with Crippen LogP contribution in [0.15, 0.2) is 17.3 Å². The second-order valence-electron chi connectivity index (χ2n) is 2.40. The molecule has 0 aromatic carbocycles. The van der Waals surface area contributed by atoms with E-state index in [-0.39, 0.29) is 0 Å². The normalized spacial score (nSPS) is 16.1. The molecule has 2 rings (SSSR count). The zero-order valence-corrected chi connectivity index (χ0v) is 6.44. The lowest BCUT2D eigenvalue weighted by Gasteiger charge is -2.07. The van der Waals surface area contributed by atoms with Crippen molar-refractivity contribution in [3.63, 3.8) is 0 Å². The molecule has 1 aliphatic rings. The molecule has 2 heterocycles. The molecule has 1 aromatic heterocycles. The number of aliphatic imine (C=N–C) groups is 1. The summed E-state index contributed by atoms with van der Waals surface area (Å²) in [4.78, 5) is 6.85. The van der Waals surface area contributed by atoms with Gasteiger partial charge in [-0.2, -0.15) is 0 Å². The van der Waals surface area contributed by atoms with E-state index in [2.05, 4.69) is 9.98 Å². The summed E-state index contributed by atoms with van der Waals surface area (Å²) in [6.45, 7) is 0. The van der Waals surface area contributed by atoms with E-state index in [9.17, 15) is 0 Å². The van der Waals surface area contributed by atoms with Gasteiger partial charge in [0.15, 0.2) is 0 Å². The lowest BCUT2D eigenvalue weighted by atomic mass is 10.1. The van der Waals surface area contributed by atoms with Gasteiger partial charge in [0, 0.05) is 23.9 Å². The fourth-order valence-corrected chi connectivity index (χ4v) is 1.41. The van der Waals surface area contributed by atoms with Crippen molar-refractivity contribution in [2.24, 2.45) is 4.99 Å². The number of rotatable bonds is 0. The molecule has 2 N–H and O–H groups in total. The summed E-state index contributed by atoms with van der Waals surface area (Å²) in [5, 5.41) is 7.71. The van der Waals surface area contributed by atoms with E-state index in [1.165, 1.54) is 0 Å². The Morgan fingerprint density at radius 2 is 2.45 bits per heavy atom. The van der Waals surface area contributed by atoms with Gasteiger partial charge in [-0.1, -0.05) is 11.6 Å². The number of halogens is 1. The summed E-state index contributed by atoms with van der Waals surface area (Å²) >= 11 is 5.77. The molecule has 0 unspecified atom stereocenters. The molecule has 0 aliphatic carbocycles. The molecule has 11 heavy (non-hydrogen) atoms. The van der Waals surface area contributed by atoms with Crippen LogP contribution in [0.5, 0.6) is 0 Å². The molecular weight excluding hydrogens is 162 g/mol. The number of aromatic nitrogens is 1. The van der Waals surface area contributed by atoms with Crippen LogP contribution in [0.4, 0.5) is 0 Å². The minimum absolute atomic E-state index is 0.310. The second-order valence-corrected chi connectivity index (χ2v) is 2.75. The predicted molar refractivity (Wildman–Crippen MR) is 44.6 cm³/mol. The fourth-order valence-electron chi connectivity index (χ4n) is 1.13. The third kappa shape index (κ3) is 0.973. The van der Waals surface area contributed by atoms with E-state index in [0.717, 1.165) is 11.3 Å². The van der Waals surface area contributed by atoms with E-state index >= 15 is 0 Å². The van der Waals surface area contributed by atoms with Gasteiger partial charge in [0.2, 0.25) is 0 Å². The van der Waals surface area contributed by atoms with Crippen molar-refractivity contribution in [1.82, 2.24) is 4.98 Å². The maximum atomic E-state index is 7.30. The van der Waals surface area contributed by atoms with Crippen molar-refractivity contribution < 1.29 is 0 Å². The van der Waals surface area contributed by atoms with Gasteiger partial charge in [-0.3, -0.25) is 5.41 Å². The molecule has 0 saturated carbocycles.